The second-order valence-electron chi connectivity index (χ2n) is 7.24. The molecule has 134 valence electrons. The smallest absolute Gasteiger partial charge is 0.137 e. The number of ketones is 1. The third kappa shape index (κ3) is 5.38. The topological polar surface area (TPSA) is 55.6 Å². The number of nitrogen functional groups attached to an aromatic ring is 1. The molecule has 0 aromatic heterocycles. The number of nitrogens with zero attached hydrogens (tertiary/aromatic N) is 1. The molecular weight excluding hydrogens is 324 g/mol. The maximum atomic E-state index is 12.5. The van der Waals surface area contributed by atoms with Gasteiger partial charge in [0.25, 0.3) is 0 Å². The van der Waals surface area contributed by atoms with Crippen molar-refractivity contribution in [3.05, 3.63) is 22.7 Å². The van der Waals surface area contributed by atoms with Crippen LogP contribution >= 0.6 is 11.6 Å². The van der Waals surface area contributed by atoms with Crippen molar-refractivity contribution in [2.75, 3.05) is 32.5 Å². The Kier molecular flexibility index (Phi) is 6.93. The lowest BCUT2D eigenvalue weighted by Crippen LogP contribution is -2.36. The molecule has 0 saturated carbocycles. The molecule has 0 amide bonds. The van der Waals surface area contributed by atoms with Crippen LogP contribution in [0.15, 0.2) is 12.1 Å². The largest absolute Gasteiger partial charge is 0.496 e. The van der Waals surface area contributed by atoms with E-state index in [-0.39, 0.29) is 5.78 Å². The number of nitrogens with two attached hydrogens (primary N) is 1. The third-order valence-electron chi connectivity index (χ3n) is 4.63. The normalized spacial score (nSPS) is 16.5. The highest BCUT2D eigenvalue weighted by atomic mass is 35.5. The Morgan fingerprint density at radius 1 is 1.38 bits per heavy atom. The fraction of sp³-hybridized carbons (Fsp3) is 0.632. The van der Waals surface area contributed by atoms with E-state index in [2.05, 4.69) is 18.7 Å². The van der Waals surface area contributed by atoms with E-state index in [1.807, 2.05) is 0 Å². The Hall–Kier alpha value is -1.26. The van der Waals surface area contributed by atoms with Gasteiger partial charge in [0.1, 0.15) is 11.5 Å². The van der Waals surface area contributed by atoms with Gasteiger partial charge < -0.3 is 15.4 Å². The van der Waals surface area contributed by atoms with Crippen LogP contribution < -0.4 is 10.5 Å². The van der Waals surface area contributed by atoms with Gasteiger partial charge in [-0.25, -0.2) is 0 Å². The second-order valence-corrected chi connectivity index (χ2v) is 7.65. The summed E-state index contributed by atoms with van der Waals surface area (Å²) < 4.78 is 5.33. The molecule has 0 atom stereocenters. The Morgan fingerprint density at radius 3 is 2.62 bits per heavy atom. The Bertz CT molecular complexity index is 567. The van der Waals surface area contributed by atoms with Gasteiger partial charge in [-0.1, -0.05) is 25.4 Å². The maximum Gasteiger partial charge on any atom is 0.137 e. The van der Waals surface area contributed by atoms with Crippen molar-refractivity contribution < 1.29 is 9.53 Å². The van der Waals surface area contributed by atoms with Crippen LogP contribution in [0.4, 0.5) is 5.69 Å². The van der Waals surface area contributed by atoms with Crippen LogP contribution in [0.1, 0.15) is 38.7 Å². The van der Waals surface area contributed by atoms with Crippen LogP contribution in [-0.2, 0) is 11.2 Å². The summed E-state index contributed by atoms with van der Waals surface area (Å²) in [5.74, 6) is 2.08. The molecule has 1 fully saturated rings. The average molecular weight is 353 g/mol. The van der Waals surface area contributed by atoms with Crippen LogP contribution in [0.2, 0.25) is 5.02 Å². The zero-order valence-corrected chi connectivity index (χ0v) is 15.7. The van der Waals surface area contributed by atoms with E-state index in [9.17, 15) is 4.79 Å². The van der Waals surface area contributed by atoms with Gasteiger partial charge in [-0.05, 0) is 43.8 Å². The zero-order valence-electron chi connectivity index (χ0n) is 15.0. The molecule has 4 nitrogen and oxygen atoms in total. The van der Waals surface area contributed by atoms with Crippen molar-refractivity contribution in [3.63, 3.8) is 0 Å². The van der Waals surface area contributed by atoms with Crippen molar-refractivity contribution in [1.82, 2.24) is 4.90 Å². The number of piperidine rings is 1. The highest BCUT2D eigenvalue weighted by Crippen LogP contribution is 2.30. The number of hydrogen-bond donors (Lipinski definition) is 1. The number of anilines is 1. The molecule has 0 unspecified atom stereocenters. The molecular formula is C19H29ClN2O2. The molecule has 2 rings (SSSR count). The lowest BCUT2D eigenvalue weighted by molar-refractivity contribution is -0.119. The molecule has 2 N–H and O–H groups in total. The van der Waals surface area contributed by atoms with E-state index in [1.165, 1.54) is 0 Å². The lowest BCUT2D eigenvalue weighted by atomic mass is 9.89. The first-order valence-electron chi connectivity index (χ1n) is 8.75. The maximum absolute atomic E-state index is 12.5. The van der Waals surface area contributed by atoms with Gasteiger partial charge in [-0.2, -0.15) is 0 Å². The summed E-state index contributed by atoms with van der Waals surface area (Å²) in [6.45, 7) is 7.86. The van der Waals surface area contributed by atoms with Crippen molar-refractivity contribution in [2.45, 2.75) is 39.5 Å². The zero-order chi connectivity index (χ0) is 17.7. The number of halogens is 1. The minimum Gasteiger partial charge on any atom is -0.496 e. The predicted molar refractivity (Wildman–Crippen MR) is 99.7 cm³/mol. The number of ether oxygens (including phenoxy) is 1. The number of hydrogen-bond acceptors (Lipinski definition) is 4. The van der Waals surface area contributed by atoms with E-state index < -0.39 is 0 Å². The van der Waals surface area contributed by atoms with Gasteiger partial charge in [0.15, 0.2) is 0 Å². The first-order valence-corrected chi connectivity index (χ1v) is 9.12. The fourth-order valence-electron chi connectivity index (χ4n) is 3.43. The van der Waals surface area contributed by atoms with Crippen LogP contribution in [0, 0.1) is 11.8 Å². The van der Waals surface area contributed by atoms with E-state index >= 15 is 0 Å². The summed E-state index contributed by atoms with van der Waals surface area (Å²) in [6.07, 6.45) is 3.21. The molecule has 1 heterocycles. The van der Waals surface area contributed by atoms with Crippen molar-refractivity contribution in [1.29, 1.82) is 0 Å². The molecule has 5 heteroatoms. The fourth-order valence-corrected chi connectivity index (χ4v) is 3.62. The molecule has 1 aromatic rings. The average Bonchev–Trinajstić information content (AvgIpc) is 2.52. The molecule has 0 aliphatic carbocycles. The third-order valence-corrected chi connectivity index (χ3v) is 4.96. The van der Waals surface area contributed by atoms with Gasteiger partial charge in [0.2, 0.25) is 0 Å². The van der Waals surface area contributed by atoms with Gasteiger partial charge >= 0.3 is 0 Å². The van der Waals surface area contributed by atoms with E-state index in [0.717, 1.165) is 38.0 Å². The summed E-state index contributed by atoms with van der Waals surface area (Å²) in [4.78, 5) is 15.0. The molecule has 1 aliphatic heterocycles. The highest BCUT2D eigenvalue weighted by molar-refractivity contribution is 6.33. The predicted octanol–water partition coefficient (Wildman–Crippen LogP) is 3.80. The van der Waals surface area contributed by atoms with Gasteiger partial charge in [0.05, 0.1) is 17.8 Å². The Morgan fingerprint density at radius 2 is 2.04 bits per heavy atom. The quantitative estimate of drug-likeness (QED) is 0.758. The molecule has 1 aliphatic rings. The molecule has 1 aromatic carbocycles. The lowest BCUT2D eigenvalue weighted by Gasteiger charge is -2.32. The standard InChI is InChI=1S/C19H29ClN2O2/c1-13(2)12-22-6-4-14(5-7-22)8-16(23)9-15-10-17(20)18(21)11-19(15)24-3/h10-11,13-14H,4-9,12,21H2,1-3H3. The van der Waals surface area contributed by atoms with Gasteiger partial charge in [-0.15, -0.1) is 0 Å². The number of carbonyl (C=O) groups is 1. The summed E-state index contributed by atoms with van der Waals surface area (Å²) in [6, 6.07) is 3.44. The van der Waals surface area contributed by atoms with E-state index in [1.54, 1.807) is 19.2 Å². The Balaban J connectivity index is 1.87. The van der Waals surface area contributed by atoms with Crippen LogP contribution in [0.3, 0.4) is 0 Å². The monoisotopic (exact) mass is 352 g/mol. The second kappa shape index (κ2) is 8.72. The number of rotatable bonds is 7. The number of methoxy groups -OCH3 is 1. The van der Waals surface area contributed by atoms with E-state index in [0.29, 0.717) is 41.1 Å². The summed E-state index contributed by atoms with van der Waals surface area (Å²) in [5.41, 5.74) is 7.08. The van der Waals surface area contributed by atoms with E-state index in [4.69, 9.17) is 22.1 Å². The minimum absolute atomic E-state index is 0.247. The van der Waals surface area contributed by atoms with Crippen molar-refractivity contribution in [2.24, 2.45) is 11.8 Å². The Labute approximate surface area is 150 Å². The number of carbonyl (C=O) groups excluding carboxylic acids is 1. The van der Waals surface area contributed by atoms with Crippen LogP contribution in [0.5, 0.6) is 5.75 Å². The van der Waals surface area contributed by atoms with Gasteiger partial charge in [0, 0.05) is 31.0 Å². The molecule has 1 saturated heterocycles. The number of Topliss-reactive ketones (excluding diaryl/α,β-unsaturated/α-hetero) is 1. The summed E-state index contributed by atoms with van der Waals surface area (Å²) in [5, 5.41) is 0.473. The summed E-state index contributed by atoms with van der Waals surface area (Å²) in [7, 11) is 1.58. The summed E-state index contributed by atoms with van der Waals surface area (Å²) >= 11 is 6.08. The van der Waals surface area contributed by atoms with Crippen LogP contribution in [-0.4, -0.2) is 37.4 Å². The van der Waals surface area contributed by atoms with Crippen molar-refractivity contribution >= 4 is 23.1 Å². The molecule has 0 radical (unpaired) electrons. The molecule has 24 heavy (non-hydrogen) atoms. The van der Waals surface area contributed by atoms with Gasteiger partial charge in [-0.3, -0.25) is 4.79 Å². The number of benzene rings is 1. The van der Waals surface area contributed by atoms with Crippen LogP contribution in [0.25, 0.3) is 0 Å². The first kappa shape index (κ1) is 19.1. The molecule has 0 bridgehead atoms. The molecule has 0 spiro atoms. The number of likely N-dealkylation sites (tertiary alicyclic amines) is 1. The highest BCUT2D eigenvalue weighted by Gasteiger charge is 2.22. The van der Waals surface area contributed by atoms with Crippen molar-refractivity contribution in [3.8, 4) is 5.75 Å². The SMILES string of the molecule is COc1cc(N)c(Cl)cc1CC(=O)CC1CCN(CC(C)C)CC1. The first-order chi connectivity index (χ1) is 11.4. The minimum atomic E-state index is 0.247.